The Labute approximate surface area is 199 Å². The molecule has 0 spiro atoms. The van der Waals surface area contributed by atoms with Crippen molar-refractivity contribution in [1.82, 2.24) is 9.55 Å². The van der Waals surface area contributed by atoms with Gasteiger partial charge < -0.3 is 14.4 Å². The van der Waals surface area contributed by atoms with E-state index in [4.69, 9.17) is 14.8 Å². The van der Waals surface area contributed by atoms with Crippen molar-refractivity contribution in [2.45, 2.75) is 19.8 Å². The van der Waals surface area contributed by atoms with Crippen molar-refractivity contribution in [1.29, 1.82) is 5.26 Å². The third-order valence-electron chi connectivity index (χ3n) is 5.13. The number of carboxylic acid groups (broad SMARTS) is 1. The van der Waals surface area contributed by atoms with Crippen molar-refractivity contribution in [3.05, 3.63) is 111 Å². The number of nitriles is 1. The Morgan fingerprint density at radius 2 is 1.76 bits per heavy atom. The highest BCUT2D eigenvalue weighted by molar-refractivity contribution is 9.10. The van der Waals surface area contributed by atoms with Crippen LogP contribution in [0.2, 0.25) is 0 Å². The van der Waals surface area contributed by atoms with E-state index in [1.165, 1.54) is 0 Å². The molecule has 0 radical (unpaired) electrons. The number of imidazole rings is 1. The molecule has 1 heterocycles. The molecule has 4 aromatic rings. The standard InChI is InChI=1S/C26H20BrN3O3/c27-23-11-9-19(10-12-23)25-29-24(17-33-16-22-4-2-1-3-21(22)13-28)15-30(25)14-18-5-7-20(8-6-18)26(31)32/h1-12,15H,14,16-17H2,(H,31,32). The van der Waals surface area contributed by atoms with Gasteiger partial charge in [0.1, 0.15) is 5.82 Å². The van der Waals surface area contributed by atoms with Crippen LogP contribution in [0.4, 0.5) is 0 Å². The van der Waals surface area contributed by atoms with Gasteiger partial charge in [-0.3, -0.25) is 0 Å². The third kappa shape index (κ3) is 5.55. The normalized spacial score (nSPS) is 10.7. The molecule has 7 heteroatoms. The maximum Gasteiger partial charge on any atom is 0.335 e. The van der Waals surface area contributed by atoms with E-state index in [2.05, 4.69) is 22.0 Å². The molecule has 33 heavy (non-hydrogen) atoms. The van der Waals surface area contributed by atoms with Gasteiger partial charge >= 0.3 is 5.97 Å². The lowest BCUT2D eigenvalue weighted by atomic mass is 10.1. The number of benzene rings is 3. The van der Waals surface area contributed by atoms with E-state index in [0.717, 1.165) is 32.7 Å². The topological polar surface area (TPSA) is 88.1 Å². The SMILES string of the molecule is N#Cc1ccccc1COCc1cn(Cc2ccc(C(=O)O)cc2)c(-c2ccc(Br)cc2)n1. The largest absolute Gasteiger partial charge is 0.478 e. The second kappa shape index (κ2) is 10.3. The van der Waals surface area contributed by atoms with Crippen molar-refractivity contribution in [2.75, 3.05) is 0 Å². The predicted molar refractivity (Wildman–Crippen MR) is 128 cm³/mol. The highest BCUT2D eigenvalue weighted by atomic mass is 79.9. The van der Waals surface area contributed by atoms with Gasteiger partial charge in [0.2, 0.25) is 0 Å². The Morgan fingerprint density at radius 1 is 1.03 bits per heavy atom. The number of nitrogens with zero attached hydrogens (tertiary/aromatic N) is 3. The first-order chi connectivity index (χ1) is 16.0. The summed E-state index contributed by atoms with van der Waals surface area (Å²) in [5.74, 6) is -0.155. The average Bonchev–Trinajstić information content (AvgIpc) is 3.22. The first-order valence-corrected chi connectivity index (χ1v) is 11.0. The molecule has 0 aliphatic rings. The van der Waals surface area contributed by atoms with E-state index in [1.807, 2.05) is 65.4 Å². The first kappa shape index (κ1) is 22.5. The Bertz CT molecular complexity index is 1310. The molecule has 6 nitrogen and oxygen atoms in total. The van der Waals surface area contributed by atoms with Gasteiger partial charge in [-0.05, 0) is 41.5 Å². The predicted octanol–water partition coefficient (Wildman–Crippen LogP) is 5.65. The van der Waals surface area contributed by atoms with Gasteiger partial charge in [-0.2, -0.15) is 5.26 Å². The number of carbonyl (C=O) groups is 1. The Kier molecular flexibility index (Phi) is 6.98. The summed E-state index contributed by atoms with van der Waals surface area (Å²) in [4.78, 5) is 15.9. The monoisotopic (exact) mass is 501 g/mol. The third-order valence-corrected chi connectivity index (χ3v) is 5.66. The van der Waals surface area contributed by atoms with Gasteiger partial charge in [0, 0.05) is 22.8 Å². The zero-order valence-electron chi connectivity index (χ0n) is 17.6. The van der Waals surface area contributed by atoms with Crippen LogP contribution < -0.4 is 0 Å². The van der Waals surface area contributed by atoms with Crippen LogP contribution in [0.5, 0.6) is 0 Å². The fraction of sp³-hybridized carbons (Fsp3) is 0.115. The minimum absolute atomic E-state index is 0.254. The number of ether oxygens (including phenoxy) is 1. The van der Waals surface area contributed by atoms with Crippen LogP contribution >= 0.6 is 15.9 Å². The van der Waals surface area contributed by atoms with Crippen molar-refractivity contribution in [3.8, 4) is 17.5 Å². The number of halogens is 1. The van der Waals surface area contributed by atoms with Crippen molar-refractivity contribution in [3.63, 3.8) is 0 Å². The average molecular weight is 502 g/mol. The van der Waals surface area contributed by atoms with E-state index in [0.29, 0.717) is 25.3 Å². The summed E-state index contributed by atoms with van der Waals surface area (Å²) in [5, 5.41) is 18.4. The Morgan fingerprint density at radius 3 is 2.45 bits per heavy atom. The molecule has 4 rings (SSSR count). The van der Waals surface area contributed by atoms with Gasteiger partial charge in [0.25, 0.3) is 0 Å². The van der Waals surface area contributed by atoms with Gasteiger partial charge in [-0.15, -0.1) is 0 Å². The van der Waals surface area contributed by atoms with E-state index in [9.17, 15) is 10.1 Å². The molecule has 0 aliphatic carbocycles. The van der Waals surface area contributed by atoms with Gasteiger partial charge in [0.05, 0.1) is 36.1 Å². The molecule has 0 bridgehead atoms. The van der Waals surface area contributed by atoms with Crippen molar-refractivity contribution >= 4 is 21.9 Å². The number of carboxylic acids is 1. The molecule has 0 aliphatic heterocycles. The van der Waals surface area contributed by atoms with Crippen LogP contribution in [0.1, 0.15) is 32.7 Å². The van der Waals surface area contributed by atoms with E-state index < -0.39 is 5.97 Å². The van der Waals surface area contributed by atoms with Crippen molar-refractivity contribution < 1.29 is 14.6 Å². The molecule has 0 saturated carbocycles. The summed E-state index contributed by atoms with van der Waals surface area (Å²) in [5.41, 5.74) is 4.39. The number of aromatic nitrogens is 2. The molecule has 1 N–H and O–H groups in total. The van der Waals surface area contributed by atoms with Crippen LogP contribution in [-0.4, -0.2) is 20.6 Å². The number of aromatic carboxylic acids is 1. The maximum absolute atomic E-state index is 11.1. The smallest absolute Gasteiger partial charge is 0.335 e. The molecule has 0 fully saturated rings. The molecular formula is C26H20BrN3O3. The fourth-order valence-electron chi connectivity index (χ4n) is 3.46. The molecule has 164 valence electrons. The summed E-state index contributed by atoms with van der Waals surface area (Å²) in [7, 11) is 0. The van der Waals surface area contributed by atoms with Crippen LogP contribution in [0.25, 0.3) is 11.4 Å². The molecule has 3 aromatic carbocycles. The highest BCUT2D eigenvalue weighted by Gasteiger charge is 2.12. The second-order valence-electron chi connectivity index (χ2n) is 7.45. The summed E-state index contributed by atoms with van der Waals surface area (Å²) in [6, 6.07) is 24.3. The zero-order valence-corrected chi connectivity index (χ0v) is 19.2. The van der Waals surface area contributed by atoms with Crippen LogP contribution in [0, 0.1) is 11.3 Å². The van der Waals surface area contributed by atoms with Gasteiger partial charge in [-0.25, -0.2) is 9.78 Å². The first-order valence-electron chi connectivity index (χ1n) is 10.2. The summed E-state index contributed by atoms with van der Waals surface area (Å²) < 4.78 is 8.87. The minimum Gasteiger partial charge on any atom is -0.478 e. The van der Waals surface area contributed by atoms with Crippen LogP contribution in [0.15, 0.2) is 83.5 Å². The molecule has 0 saturated heterocycles. The van der Waals surface area contributed by atoms with Crippen LogP contribution in [0.3, 0.4) is 0 Å². The Balaban J connectivity index is 1.56. The summed E-state index contributed by atoms with van der Waals surface area (Å²) >= 11 is 3.46. The van der Waals surface area contributed by atoms with Gasteiger partial charge in [-0.1, -0.05) is 58.4 Å². The number of hydrogen-bond acceptors (Lipinski definition) is 4. The van der Waals surface area contributed by atoms with E-state index in [1.54, 1.807) is 18.2 Å². The molecule has 0 unspecified atom stereocenters. The lowest BCUT2D eigenvalue weighted by molar-refractivity contribution is 0.0697. The lowest BCUT2D eigenvalue weighted by Gasteiger charge is -2.08. The maximum atomic E-state index is 11.1. The lowest BCUT2D eigenvalue weighted by Crippen LogP contribution is -2.02. The summed E-state index contributed by atoms with van der Waals surface area (Å²) in [6.45, 7) is 1.16. The van der Waals surface area contributed by atoms with E-state index in [-0.39, 0.29) is 5.56 Å². The van der Waals surface area contributed by atoms with Crippen molar-refractivity contribution in [2.24, 2.45) is 0 Å². The number of rotatable bonds is 8. The highest BCUT2D eigenvalue weighted by Crippen LogP contribution is 2.23. The minimum atomic E-state index is -0.947. The summed E-state index contributed by atoms with van der Waals surface area (Å²) in [6.07, 6.45) is 1.94. The molecule has 0 atom stereocenters. The molecular weight excluding hydrogens is 482 g/mol. The number of hydrogen-bond donors (Lipinski definition) is 1. The molecule has 1 aromatic heterocycles. The van der Waals surface area contributed by atoms with E-state index >= 15 is 0 Å². The fourth-order valence-corrected chi connectivity index (χ4v) is 3.72. The quantitative estimate of drug-likeness (QED) is 0.337. The van der Waals surface area contributed by atoms with Gasteiger partial charge in [0.15, 0.2) is 0 Å². The Hall–Kier alpha value is -3.73. The van der Waals surface area contributed by atoms with Crippen LogP contribution in [-0.2, 0) is 24.5 Å². The zero-order chi connectivity index (χ0) is 23.2. The molecule has 0 amide bonds. The second-order valence-corrected chi connectivity index (χ2v) is 8.37.